The highest BCUT2D eigenvalue weighted by atomic mass is 32.2. The molecule has 0 aromatic carbocycles. The normalized spacial score (nSPS) is 13.1. The number of thioether (sulfide) groups is 1. The maximum atomic E-state index is 10.5. The Kier molecular flexibility index (Phi) is 6.91. The summed E-state index contributed by atoms with van der Waals surface area (Å²) >= 11 is 1.38. The van der Waals surface area contributed by atoms with E-state index in [1.807, 2.05) is 13.8 Å². The number of aliphatic hydroxyl groups excluding tert-OH is 1. The smallest absolute Gasteiger partial charge is 0.396 e. The van der Waals surface area contributed by atoms with E-state index in [1.54, 1.807) is 0 Å². The first-order chi connectivity index (χ1) is 6.10. The molecule has 0 saturated carbocycles. The van der Waals surface area contributed by atoms with Crippen LogP contribution >= 0.6 is 20.0 Å². The van der Waals surface area contributed by atoms with E-state index in [0.717, 1.165) is 0 Å². The third-order valence-corrected chi connectivity index (χ3v) is 3.98. The van der Waals surface area contributed by atoms with Gasteiger partial charge in [0.05, 0.1) is 6.61 Å². The summed E-state index contributed by atoms with van der Waals surface area (Å²) in [6.45, 7) is 3.84. The SMILES string of the molecule is CCC(CC)(O[P+](=O)O)SCCO. The Morgan fingerprint density at radius 1 is 1.46 bits per heavy atom. The van der Waals surface area contributed by atoms with Crippen molar-refractivity contribution < 1.29 is 19.1 Å². The van der Waals surface area contributed by atoms with Crippen molar-refractivity contribution >= 4 is 20.0 Å². The highest BCUT2D eigenvalue weighted by molar-refractivity contribution is 8.00. The molecule has 2 N–H and O–H groups in total. The van der Waals surface area contributed by atoms with Crippen molar-refractivity contribution in [2.75, 3.05) is 12.4 Å². The van der Waals surface area contributed by atoms with Crippen LogP contribution in [0.3, 0.4) is 0 Å². The van der Waals surface area contributed by atoms with Crippen LogP contribution in [-0.2, 0) is 9.09 Å². The molecule has 0 aliphatic heterocycles. The van der Waals surface area contributed by atoms with Crippen LogP contribution in [0.2, 0.25) is 0 Å². The Morgan fingerprint density at radius 2 is 2.00 bits per heavy atom. The monoisotopic (exact) mass is 227 g/mol. The van der Waals surface area contributed by atoms with Gasteiger partial charge in [-0.15, -0.1) is 21.2 Å². The average molecular weight is 227 g/mol. The van der Waals surface area contributed by atoms with Gasteiger partial charge in [-0.05, 0) is 12.8 Å². The molecule has 0 amide bonds. The topological polar surface area (TPSA) is 66.8 Å². The molecule has 78 valence electrons. The maximum absolute atomic E-state index is 10.5. The predicted molar refractivity (Wildman–Crippen MR) is 53.8 cm³/mol. The van der Waals surface area contributed by atoms with Gasteiger partial charge < -0.3 is 5.11 Å². The second kappa shape index (κ2) is 6.74. The van der Waals surface area contributed by atoms with Gasteiger partial charge in [-0.1, -0.05) is 13.8 Å². The molecule has 1 unspecified atom stereocenters. The summed E-state index contributed by atoms with van der Waals surface area (Å²) in [6.07, 6.45) is 1.30. The summed E-state index contributed by atoms with van der Waals surface area (Å²) in [6, 6.07) is 0. The highest BCUT2D eigenvalue weighted by Gasteiger charge is 2.37. The quantitative estimate of drug-likeness (QED) is 0.513. The van der Waals surface area contributed by atoms with Gasteiger partial charge in [-0.25, -0.2) is 0 Å². The zero-order chi connectivity index (χ0) is 10.3. The average Bonchev–Trinajstić information content (AvgIpc) is 2.12. The van der Waals surface area contributed by atoms with Gasteiger partial charge >= 0.3 is 8.25 Å². The van der Waals surface area contributed by atoms with Crippen molar-refractivity contribution in [3.8, 4) is 0 Å². The molecule has 0 rings (SSSR count). The lowest BCUT2D eigenvalue weighted by molar-refractivity contribution is 0.147. The lowest BCUT2D eigenvalue weighted by Crippen LogP contribution is -2.25. The van der Waals surface area contributed by atoms with E-state index in [4.69, 9.17) is 14.5 Å². The molecule has 4 nitrogen and oxygen atoms in total. The molecule has 0 aromatic heterocycles. The van der Waals surface area contributed by atoms with Gasteiger partial charge in [-0.3, -0.25) is 0 Å². The van der Waals surface area contributed by atoms with Crippen LogP contribution in [0.15, 0.2) is 0 Å². The Bertz CT molecular complexity index is 161. The van der Waals surface area contributed by atoms with Crippen molar-refractivity contribution in [1.29, 1.82) is 0 Å². The number of aliphatic hydroxyl groups is 1. The molecule has 0 aromatic rings. The van der Waals surface area contributed by atoms with Crippen molar-refractivity contribution in [1.82, 2.24) is 0 Å². The Balaban J connectivity index is 4.21. The van der Waals surface area contributed by atoms with E-state index >= 15 is 0 Å². The fourth-order valence-corrected chi connectivity index (χ4v) is 2.80. The van der Waals surface area contributed by atoms with E-state index in [9.17, 15) is 4.57 Å². The lowest BCUT2D eigenvalue weighted by atomic mass is 10.2. The van der Waals surface area contributed by atoms with Crippen molar-refractivity contribution in [2.45, 2.75) is 31.6 Å². The molecule has 0 heterocycles. The van der Waals surface area contributed by atoms with Gasteiger partial charge in [-0.2, -0.15) is 0 Å². The van der Waals surface area contributed by atoms with Crippen LogP contribution in [0.1, 0.15) is 26.7 Å². The second-order valence-electron chi connectivity index (χ2n) is 2.52. The molecular formula is C7H16O4PS+. The summed E-state index contributed by atoms with van der Waals surface area (Å²) in [5.74, 6) is 0.519. The number of rotatable bonds is 7. The standard InChI is InChI=1S/C7H15O4PS/c1-3-7(4-2,11-12(9)10)13-6-5-8/h8H,3-6H2,1-2H3/p+1. The molecule has 0 aliphatic carbocycles. The first kappa shape index (κ1) is 13.3. The Labute approximate surface area is 83.6 Å². The van der Waals surface area contributed by atoms with E-state index < -0.39 is 13.2 Å². The zero-order valence-electron chi connectivity index (χ0n) is 7.89. The molecule has 0 bridgehead atoms. The van der Waals surface area contributed by atoms with E-state index in [-0.39, 0.29) is 6.61 Å². The van der Waals surface area contributed by atoms with Gasteiger partial charge in [0.25, 0.3) is 0 Å². The minimum Gasteiger partial charge on any atom is -0.396 e. The van der Waals surface area contributed by atoms with Crippen molar-refractivity contribution in [3.63, 3.8) is 0 Å². The first-order valence-corrected chi connectivity index (χ1v) is 6.32. The number of hydrogen-bond donors (Lipinski definition) is 2. The molecule has 0 aliphatic rings. The first-order valence-electron chi connectivity index (χ1n) is 4.20. The molecule has 6 heteroatoms. The molecule has 0 fully saturated rings. The minimum atomic E-state index is -2.57. The minimum absolute atomic E-state index is 0.0536. The fourth-order valence-electron chi connectivity index (χ4n) is 0.984. The largest absolute Gasteiger partial charge is 0.696 e. The third kappa shape index (κ3) is 4.93. The van der Waals surface area contributed by atoms with Gasteiger partial charge in [0.15, 0.2) is 4.93 Å². The fraction of sp³-hybridized carbons (Fsp3) is 1.00. The van der Waals surface area contributed by atoms with Crippen LogP contribution in [0.5, 0.6) is 0 Å². The van der Waals surface area contributed by atoms with E-state index in [1.165, 1.54) is 11.8 Å². The van der Waals surface area contributed by atoms with Crippen LogP contribution in [0.4, 0.5) is 0 Å². The molecule has 0 saturated heterocycles. The van der Waals surface area contributed by atoms with Gasteiger partial charge in [0, 0.05) is 10.3 Å². The summed E-state index contributed by atoms with van der Waals surface area (Å²) in [4.78, 5) is 8.04. The molecule has 13 heavy (non-hydrogen) atoms. The van der Waals surface area contributed by atoms with Gasteiger partial charge in [0.2, 0.25) is 0 Å². The molecule has 0 spiro atoms. The summed E-state index contributed by atoms with van der Waals surface area (Å²) in [7, 11) is -2.57. The number of hydrogen-bond acceptors (Lipinski definition) is 4. The van der Waals surface area contributed by atoms with E-state index in [0.29, 0.717) is 18.6 Å². The Morgan fingerprint density at radius 3 is 2.31 bits per heavy atom. The molecular weight excluding hydrogens is 211 g/mol. The summed E-state index contributed by atoms with van der Waals surface area (Å²) < 4.78 is 15.5. The van der Waals surface area contributed by atoms with Crippen LogP contribution < -0.4 is 0 Å². The second-order valence-corrected chi connectivity index (χ2v) is 4.62. The van der Waals surface area contributed by atoms with E-state index in [2.05, 4.69) is 0 Å². The van der Waals surface area contributed by atoms with Crippen molar-refractivity contribution in [2.24, 2.45) is 0 Å². The predicted octanol–water partition coefficient (Wildman–Crippen LogP) is 1.89. The summed E-state index contributed by atoms with van der Waals surface area (Å²) in [5, 5.41) is 8.64. The third-order valence-electron chi connectivity index (χ3n) is 1.78. The van der Waals surface area contributed by atoms with Crippen LogP contribution in [-0.4, -0.2) is 27.3 Å². The highest BCUT2D eigenvalue weighted by Crippen LogP contribution is 2.40. The lowest BCUT2D eigenvalue weighted by Gasteiger charge is -2.23. The van der Waals surface area contributed by atoms with Crippen LogP contribution in [0, 0.1) is 0 Å². The molecule has 1 atom stereocenters. The maximum Gasteiger partial charge on any atom is 0.696 e. The molecule has 0 radical (unpaired) electrons. The van der Waals surface area contributed by atoms with Gasteiger partial charge in [0.1, 0.15) is 0 Å². The Hall–Kier alpha value is 0.330. The summed E-state index contributed by atoms with van der Waals surface area (Å²) in [5.41, 5.74) is 0. The van der Waals surface area contributed by atoms with Crippen LogP contribution in [0.25, 0.3) is 0 Å². The van der Waals surface area contributed by atoms with Crippen molar-refractivity contribution in [3.05, 3.63) is 0 Å². The zero-order valence-corrected chi connectivity index (χ0v) is 9.61.